The zero-order chi connectivity index (χ0) is 32.4. The van der Waals surface area contributed by atoms with E-state index in [0.717, 1.165) is 0 Å². The highest BCUT2D eigenvalue weighted by Crippen LogP contribution is 2.36. The van der Waals surface area contributed by atoms with Crippen LogP contribution in [0.5, 0.6) is 5.75 Å². The van der Waals surface area contributed by atoms with Crippen molar-refractivity contribution in [2.45, 2.75) is 85.4 Å². The monoisotopic (exact) mass is 628 g/mol. The minimum Gasteiger partial charge on any atom is -0.494 e. The maximum absolute atomic E-state index is 13.9. The molecule has 13 heteroatoms. The Morgan fingerprint density at radius 1 is 1.11 bits per heavy atom. The van der Waals surface area contributed by atoms with E-state index in [1.54, 1.807) is 51.1 Å². The van der Waals surface area contributed by atoms with Gasteiger partial charge in [0.05, 0.1) is 31.0 Å². The number of benzene rings is 1. The number of aromatic nitrogens is 3. The van der Waals surface area contributed by atoms with Crippen LogP contribution in [0.15, 0.2) is 36.5 Å². The molecular weight excluding hydrogens is 588 g/mol. The molecule has 1 aliphatic heterocycles. The summed E-state index contributed by atoms with van der Waals surface area (Å²) < 4.78 is 12.8. The van der Waals surface area contributed by atoms with E-state index in [2.05, 4.69) is 15.4 Å². The third-order valence-corrected chi connectivity index (χ3v) is 7.51. The van der Waals surface area contributed by atoms with Crippen LogP contribution in [0.1, 0.15) is 66.9 Å². The van der Waals surface area contributed by atoms with Gasteiger partial charge in [-0.3, -0.25) is 4.79 Å². The number of ether oxygens (including phenoxy) is 2. The van der Waals surface area contributed by atoms with Crippen molar-refractivity contribution in [1.29, 1.82) is 0 Å². The van der Waals surface area contributed by atoms with Gasteiger partial charge in [0.25, 0.3) is 0 Å². The smallest absolute Gasteiger partial charge is 0.420 e. The number of fused-ring (bicyclic) bond motifs is 1. The van der Waals surface area contributed by atoms with Gasteiger partial charge in [0.15, 0.2) is 11.5 Å². The molecule has 238 valence electrons. The van der Waals surface area contributed by atoms with Crippen LogP contribution < -0.4 is 15.0 Å². The fourth-order valence-electron chi connectivity index (χ4n) is 5.64. The van der Waals surface area contributed by atoms with E-state index in [4.69, 9.17) is 21.1 Å². The number of likely N-dealkylation sites (tertiary alicyclic amines) is 1. The maximum Gasteiger partial charge on any atom is 0.420 e. The van der Waals surface area contributed by atoms with Gasteiger partial charge in [0, 0.05) is 24.2 Å². The molecule has 3 aromatic rings. The number of nitrogens with zero attached hydrogens (tertiary/aromatic N) is 5. The summed E-state index contributed by atoms with van der Waals surface area (Å²) in [6.45, 7) is 13.9. The van der Waals surface area contributed by atoms with Gasteiger partial charge in [-0.25, -0.2) is 19.5 Å². The van der Waals surface area contributed by atoms with Gasteiger partial charge < -0.3 is 24.8 Å². The average molecular weight is 629 g/mol. The van der Waals surface area contributed by atoms with Crippen molar-refractivity contribution in [3.05, 3.63) is 47.2 Å². The molecule has 12 nitrogen and oxygen atoms in total. The largest absolute Gasteiger partial charge is 0.494 e. The Hall–Kier alpha value is -4.06. The fraction of sp³-hybridized carbons (Fsp3) is 0.516. The topological polar surface area (TPSA) is 139 Å². The SMILES string of the molecule is CCOc1ccc(N(C(=O)OC(C)(C)C)c2c(CC(=O)NC3CCCN(C(=O)O)[C@H]3C(C)(C)C)c(Cl)nc3ccnn23)cc1. The first kappa shape index (κ1) is 32.8. The molecule has 1 fully saturated rings. The van der Waals surface area contributed by atoms with Crippen LogP contribution in [0, 0.1) is 5.41 Å². The van der Waals surface area contributed by atoms with Crippen LogP contribution in [0.3, 0.4) is 0 Å². The van der Waals surface area contributed by atoms with Gasteiger partial charge in [0.2, 0.25) is 5.91 Å². The second kappa shape index (κ2) is 12.9. The van der Waals surface area contributed by atoms with Crippen molar-refractivity contribution in [2.75, 3.05) is 18.1 Å². The maximum atomic E-state index is 13.9. The molecule has 1 unspecified atom stereocenters. The lowest BCUT2D eigenvalue weighted by Crippen LogP contribution is -2.61. The van der Waals surface area contributed by atoms with Crippen molar-refractivity contribution < 1.29 is 29.0 Å². The average Bonchev–Trinajstić information content (AvgIpc) is 3.37. The Morgan fingerprint density at radius 2 is 1.80 bits per heavy atom. The third-order valence-electron chi connectivity index (χ3n) is 7.20. The molecule has 0 saturated carbocycles. The van der Waals surface area contributed by atoms with Gasteiger partial charge in [0.1, 0.15) is 16.5 Å². The van der Waals surface area contributed by atoms with Gasteiger partial charge >= 0.3 is 12.2 Å². The van der Waals surface area contributed by atoms with Gasteiger partial charge in [-0.1, -0.05) is 32.4 Å². The second-order valence-electron chi connectivity index (χ2n) is 12.8. The van der Waals surface area contributed by atoms with Crippen LogP contribution >= 0.6 is 11.6 Å². The Labute approximate surface area is 262 Å². The predicted octanol–water partition coefficient (Wildman–Crippen LogP) is 6.07. The molecule has 3 heterocycles. The molecule has 0 aliphatic carbocycles. The first-order valence-electron chi connectivity index (χ1n) is 14.7. The van der Waals surface area contributed by atoms with E-state index >= 15 is 0 Å². The molecule has 2 N–H and O–H groups in total. The number of halogens is 1. The lowest BCUT2D eigenvalue weighted by atomic mass is 9.77. The van der Waals surface area contributed by atoms with Crippen LogP contribution in [0.4, 0.5) is 21.1 Å². The van der Waals surface area contributed by atoms with Crippen LogP contribution in [0.2, 0.25) is 5.15 Å². The molecule has 0 bridgehead atoms. The van der Waals surface area contributed by atoms with Crippen LogP contribution in [-0.4, -0.2) is 73.5 Å². The van der Waals surface area contributed by atoms with E-state index in [-0.39, 0.29) is 23.0 Å². The highest BCUT2D eigenvalue weighted by Gasteiger charge is 2.42. The number of rotatable bonds is 7. The molecular formula is C31H41ClN6O6. The van der Waals surface area contributed by atoms with Crippen molar-refractivity contribution in [3.63, 3.8) is 0 Å². The normalized spacial score (nSPS) is 17.3. The predicted molar refractivity (Wildman–Crippen MR) is 167 cm³/mol. The van der Waals surface area contributed by atoms with Crippen LogP contribution in [0.25, 0.3) is 5.65 Å². The quantitative estimate of drug-likeness (QED) is 0.301. The third kappa shape index (κ3) is 7.35. The van der Waals surface area contributed by atoms with Gasteiger partial charge in [-0.15, -0.1) is 0 Å². The van der Waals surface area contributed by atoms with E-state index in [1.165, 1.54) is 20.5 Å². The van der Waals surface area contributed by atoms with Crippen molar-refractivity contribution in [2.24, 2.45) is 5.41 Å². The standard InChI is InChI=1S/C31H41ClN6O6/c1-8-43-20-13-11-19(12-14-20)37(29(42)44-31(5,6)7)27-21(26(32)35-23-15-16-33-38(23)27)18-24(39)34-22-10-9-17-36(28(40)41)25(22)30(2,3)4/h11-16,22,25H,8-10,17-18H2,1-7H3,(H,34,39)(H,40,41)/t22?,25-/m1/s1. The van der Waals surface area contributed by atoms with E-state index in [1.807, 2.05) is 27.7 Å². The number of hydrogen-bond donors (Lipinski definition) is 2. The van der Waals surface area contributed by atoms with Gasteiger partial charge in [-0.2, -0.15) is 9.61 Å². The summed E-state index contributed by atoms with van der Waals surface area (Å²) in [5, 5.41) is 17.4. The molecule has 2 aromatic heterocycles. The Morgan fingerprint density at radius 3 is 2.39 bits per heavy atom. The second-order valence-corrected chi connectivity index (χ2v) is 13.2. The summed E-state index contributed by atoms with van der Waals surface area (Å²) in [6, 6.07) is 7.65. The molecule has 3 amide bonds. The summed E-state index contributed by atoms with van der Waals surface area (Å²) in [6.07, 6.45) is 0.762. The van der Waals surface area contributed by atoms with E-state index in [0.29, 0.717) is 43.1 Å². The molecule has 1 saturated heterocycles. The molecule has 1 aliphatic rings. The number of hydrogen-bond acceptors (Lipinski definition) is 7. The van der Waals surface area contributed by atoms with Crippen molar-refractivity contribution in [1.82, 2.24) is 24.8 Å². The zero-order valence-electron chi connectivity index (χ0n) is 26.3. The van der Waals surface area contributed by atoms with E-state index in [9.17, 15) is 19.5 Å². The summed E-state index contributed by atoms with van der Waals surface area (Å²) in [5.41, 5.74) is -0.224. The number of carbonyl (C=O) groups is 3. The Kier molecular flexibility index (Phi) is 9.62. The van der Waals surface area contributed by atoms with Gasteiger partial charge in [-0.05, 0) is 70.2 Å². The summed E-state index contributed by atoms with van der Waals surface area (Å²) in [7, 11) is 0. The van der Waals surface area contributed by atoms with Crippen LogP contribution in [-0.2, 0) is 16.0 Å². The minimum absolute atomic E-state index is 0.0193. The highest BCUT2D eigenvalue weighted by molar-refractivity contribution is 6.31. The van der Waals surface area contributed by atoms with Crippen molar-refractivity contribution in [3.8, 4) is 5.75 Å². The number of carboxylic acid groups (broad SMARTS) is 1. The number of carbonyl (C=O) groups excluding carboxylic acids is 2. The Balaban J connectivity index is 1.78. The van der Waals surface area contributed by atoms with E-state index < -0.39 is 41.2 Å². The fourth-order valence-corrected chi connectivity index (χ4v) is 5.88. The lowest BCUT2D eigenvalue weighted by Gasteiger charge is -2.46. The number of amides is 3. The summed E-state index contributed by atoms with van der Waals surface area (Å²) >= 11 is 6.74. The summed E-state index contributed by atoms with van der Waals surface area (Å²) in [5.74, 6) is 0.416. The molecule has 1 aromatic carbocycles. The first-order chi connectivity index (χ1) is 20.6. The molecule has 44 heavy (non-hydrogen) atoms. The Bertz CT molecular complexity index is 1510. The van der Waals surface area contributed by atoms with Crippen molar-refractivity contribution >= 4 is 46.8 Å². The highest BCUT2D eigenvalue weighted by atomic mass is 35.5. The minimum atomic E-state index is -1.02. The number of anilines is 2. The molecule has 0 radical (unpaired) electrons. The summed E-state index contributed by atoms with van der Waals surface area (Å²) in [4.78, 5) is 46.8. The molecule has 2 atom stereocenters. The lowest BCUT2D eigenvalue weighted by molar-refractivity contribution is -0.122. The number of piperidine rings is 1. The molecule has 0 spiro atoms. The molecule has 4 rings (SSSR count). The zero-order valence-corrected chi connectivity index (χ0v) is 27.0. The number of nitrogens with one attached hydrogen (secondary N) is 1. The first-order valence-corrected chi connectivity index (χ1v) is 15.1.